The molecule has 0 bridgehead atoms. The highest BCUT2D eigenvalue weighted by Gasteiger charge is 2.29. The third kappa shape index (κ3) is 3.29. The van der Waals surface area contributed by atoms with Crippen molar-refractivity contribution >= 4 is 34.7 Å². The van der Waals surface area contributed by atoms with Gasteiger partial charge in [0, 0.05) is 11.6 Å². The van der Waals surface area contributed by atoms with Crippen LogP contribution in [0.15, 0.2) is 18.2 Å². The van der Waals surface area contributed by atoms with E-state index in [9.17, 15) is 5.11 Å². The van der Waals surface area contributed by atoms with Crippen LogP contribution in [-0.4, -0.2) is 34.3 Å². The van der Waals surface area contributed by atoms with Crippen molar-refractivity contribution in [2.75, 3.05) is 18.1 Å². The van der Waals surface area contributed by atoms with Gasteiger partial charge in [-0.2, -0.15) is 4.98 Å². The molecule has 0 fully saturated rings. The Balaban J connectivity index is 2.00. The zero-order chi connectivity index (χ0) is 17.3. The van der Waals surface area contributed by atoms with Crippen molar-refractivity contribution < 1.29 is 9.84 Å². The molecule has 1 aliphatic heterocycles. The fourth-order valence-electron chi connectivity index (χ4n) is 2.77. The van der Waals surface area contributed by atoms with Crippen LogP contribution in [-0.2, 0) is 6.42 Å². The fourth-order valence-corrected chi connectivity index (χ4v) is 3.28. The SMILES string of the molecule is CCC(CO)Oc1nc(C)nc2c1CCN2c1ccc(Cl)cc1Cl. The minimum atomic E-state index is -0.267. The predicted molar refractivity (Wildman–Crippen MR) is 95.7 cm³/mol. The molecule has 2 heterocycles. The maximum absolute atomic E-state index is 9.39. The number of aryl methyl sites for hydroxylation is 1. The van der Waals surface area contributed by atoms with Crippen LogP contribution in [0.1, 0.15) is 24.7 Å². The summed E-state index contributed by atoms with van der Waals surface area (Å²) in [6, 6.07) is 5.42. The lowest BCUT2D eigenvalue weighted by molar-refractivity contribution is 0.107. The second kappa shape index (κ2) is 7.13. The van der Waals surface area contributed by atoms with Gasteiger partial charge in [0.05, 0.1) is 22.9 Å². The molecule has 24 heavy (non-hydrogen) atoms. The summed E-state index contributed by atoms with van der Waals surface area (Å²) in [7, 11) is 0. The quantitative estimate of drug-likeness (QED) is 0.867. The van der Waals surface area contributed by atoms with Crippen molar-refractivity contribution in [3.05, 3.63) is 39.6 Å². The molecular formula is C17H19Cl2N3O2. The minimum Gasteiger partial charge on any atom is -0.472 e. The topological polar surface area (TPSA) is 58.5 Å². The van der Waals surface area contributed by atoms with E-state index in [4.69, 9.17) is 27.9 Å². The molecule has 0 spiro atoms. The Hall–Kier alpha value is -1.56. The zero-order valence-electron chi connectivity index (χ0n) is 13.6. The van der Waals surface area contributed by atoms with Crippen molar-refractivity contribution in [2.45, 2.75) is 32.8 Å². The number of hydrogen-bond acceptors (Lipinski definition) is 5. The molecule has 1 atom stereocenters. The first kappa shape index (κ1) is 17.3. The van der Waals surface area contributed by atoms with E-state index >= 15 is 0 Å². The van der Waals surface area contributed by atoms with Crippen molar-refractivity contribution in [3.8, 4) is 5.88 Å². The molecule has 1 unspecified atom stereocenters. The van der Waals surface area contributed by atoms with Crippen LogP contribution in [0.5, 0.6) is 5.88 Å². The van der Waals surface area contributed by atoms with Crippen molar-refractivity contribution in [1.82, 2.24) is 9.97 Å². The maximum Gasteiger partial charge on any atom is 0.222 e. The number of nitrogens with zero attached hydrogens (tertiary/aromatic N) is 3. The number of benzene rings is 1. The zero-order valence-corrected chi connectivity index (χ0v) is 15.1. The minimum absolute atomic E-state index is 0.0406. The molecule has 0 radical (unpaired) electrons. The smallest absolute Gasteiger partial charge is 0.222 e. The van der Waals surface area contributed by atoms with Gasteiger partial charge in [0.15, 0.2) is 0 Å². The molecule has 2 aromatic rings. The molecule has 1 aromatic heterocycles. The lowest BCUT2D eigenvalue weighted by Gasteiger charge is -2.21. The second-order valence-corrected chi connectivity index (χ2v) is 6.55. The number of aliphatic hydroxyl groups excluding tert-OH is 1. The van der Waals surface area contributed by atoms with Gasteiger partial charge in [0.1, 0.15) is 17.7 Å². The van der Waals surface area contributed by atoms with E-state index in [0.717, 1.165) is 30.0 Å². The average molecular weight is 368 g/mol. The van der Waals surface area contributed by atoms with Gasteiger partial charge in [-0.1, -0.05) is 30.1 Å². The molecule has 3 rings (SSSR count). The Labute approximate surface area is 151 Å². The molecule has 1 N–H and O–H groups in total. The number of rotatable bonds is 5. The second-order valence-electron chi connectivity index (χ2n) is 5.71. The average Bonchev–Trinajstić information content (AvgIpc) is 2.96. The molecule has 0 saturated heterocycles. The summed E-state index contributed by atoms with van der Waals surface area (Å²) in [5, 5.41) is 10.6. The number of aromatic nitrogens is 2. The van der Waals surface area contributed by atoms with Crippen molar-refractivity contribution in [3.63, 3.8) is 0 Å². The van der Waals surface area contributed by atoms with Gasteiger partial charge in [-0.3, -0.25) is 0 Å². The standard InChI is InChI=1S/C17H19Cl2N3O2/c1-3-12(9-23)24-17-13-6-7-22(16(13)20-10(2)21-17)15-5-4-11(18)8-14(15)19/h4-5,8,12,23H,3,6-7,9H2,1-2H3. The summed E-state index contributed by atoms with van der Waals surface area (Å²) >= 11 is 12.3. The molecule has 1 aliphatic rings. The molecule has 7 heteroatoms. The van der Waals surface area contributed by atoms with Crippen LogP contribution in [0.3, 0.4) is 0 Å². The van der Waals surface area contributed by atoms with Crippen LogP contribution in [0.2, 0.25) is 10.0 Å². The first-order valence-corrected chi connectivity index (χ1v) is 8.66. The predicted octanol–water partition coefficient (Wildman–Crippen LogP) is 3.94. The third-order valence-electron chi connectivity index (χ3n) is 4.04. The molecule has 0 amide bonds. The molecule has 0 saturated carbocycles. The highest BCUT2D eigenvalue weighted by Crippen LogP contribution is 2.40. The van der Waals surface area contributed by atoms with Crippen molar-refractivity contribution in [2.24, 2.45) is 0 Å². The lowest BCUT2D eigenvalue weighted by Crippen LogP contribution is -2.21. The Kier molecular flexibility index (Phi) is 5.13. The van der Waals surface area contributed by atoms with Gasteiger partial charge < -0.3 is 14.7 Å². The number of hydrogen-bond donors (Lipinski definition) is 1. The largest absolute Gasteiger partial charge is 0.472 e. The van der Waals surface area contributed by atoms with Gasteiger partial charge in [0.2, 0.25) is 5.88 Å². The number of halogens is 2. The van der Waals surface area contributed by atoms with Gasteiger partial charge in [0.25, 0.3) is 0 Å². The van der Waals surface area contributed by atoms with E-state index in [2.05, 4.69) is 14.9 Å². The first-order chi connectivity index (χ1) is 11.5. The van der Waals surface area contributed by atoms with E-state index in [1.165, 1.54) is 0 Å². The summed E-state index contributed by atoms with van der Waals surface area (Å²) < 4.78 is 5.89. The van der Waals surface area contributed by atoms with E-state index in [1.807, 2.05) is 26.0 Å². The van der Waals surface area contributed by atoms with Gasteiger partial charge >= 0.3 is 0 Å². The van der Waals surface area contributed by atoms with Crippen LogP contribution in [0.4, 0.5) is 11.5 Å². The summed E-state index contributed by atoms with van der Waals surface area (Å²) in [6.45, 7) is 4.49. The number of fused-ring (bicyclic) bond motifs is 1. The monoisotopic (exact) mass is 367 g/mol. The van der Waals surface area contributed by atoms with Gasteiger partial charge in [-0.25, -0.2) is 4.98 Å². The first-order valence-electron chi connectivity index (χ1n) is 7.91. The molecule has 128 valence electrons. The highest BCUT2D eigenvalue weighted by atomic mass is 35.5. The summed E-state index contributed by atoms with van der Waals surface area (Å²) in [5.74, 6) is 1.97. The molecule has 0 aliphatic carbocycles. The van der Waals surface area contributed by atoms with Crippen LogP contribution in [0, 0.1) is 6.92 Å². The Morgan fingerprint density at radius 1 is 1.33 bits per heavy atom. The summed E-state index contributed by atoms with van der Waals surface area (Å²) in [5.41, 5.74) is 1.80. The van der Waals surface area contributed by atoms with E-state index in [1.54, 1.807) is 6.07 Å². The summed E-state index contributed by atoms with van der Waals surface area (Å²) in [4.78, 5) is 11.0. The van der Waals surface area contributed by atoms with Crippen LogP contribution < -0.4 is 9.64 Å². The van der Waals surface area contributed by atoms with E-state index in [-0.39, 0.29) is 12.7 Å². The Morgan fingerprint density at radius 3 is 2.79 bits per heavy atom. The number of anilines is 2. The third-order valence-corrected chi connectivity index (χ3v) is 4.58. The van der Waals surface area contributed by atoms with Crippen molar-refractivity contribution in [1.29, 1.82) is 0 Å². The van der Waals surface area contributed by atoms with Crippen LogP contribution >= 0.6 is 23.2 Å². The van der Waals surface area contributed by atoms with Gasteiger partial charge in [-0.15, -0.1) is 0 Å². The Bertz CT molecular complexity index is 751. The summed E-state index contributed by atoms with van der Waals surface area (Å²) in [6.07, 6.45) is 1.20. The molecule has 5 nitrogen and oxygen atoms in total. The Morgan fingerprint density at radius 2 is 2.12 bits per heavy atom. The molecule has 1 aromatic carbocycles. The fraction of sp³-hybridized carbons (Fsp3) is 0.412. The molecular weight excluding hydrogens is 349 g/mol. The van der Waals surface area contributed by atoms with E-state index in [0.29, 0.717) is 28.2 Å². The van der Waals surface area contributed by atoms with Crippen LogP contribution in [0.25, 0.3) is 0 Å². The normalized spacial score (nSPS) is 14.6. The van der Waals surface area contributed by atoms with Gasteiger partial charge in [-0.05, 0) is 38.0 Å². The van der Waals surface area contributed by atoms with E-state index < -0.39 is 0 Å². The number of aliphatic hydroxyl groups is 1. The number of ether oxygens (including phenoxy) is 1. The highest BCUT2D eigenvalue weighted by molar-refractivity contribution is 6.36. The lowest BCUT2D eigenvalue weighted by atomic mass is 10.2. The maximum atomic E-state index is 9.39.